The number of benzene rings is 1. The Morgan fingerprint density at radius 1 is 1.14 bits per heavy atom. The minimum atomic E-state index is -0.730. The molecular formula is C18H28N2O2. The van der Waals surface area contributed by atoms with Gasteiger partial charge in [0.25, 0.3) is 0 Å². The van der Waals surface area contributed by atoms with Crippen molar-refractivity contribution in [3.63, 3.8) is 0 Å². The van der Waals surface area contributed by atoms with Crippen LogP contribution < -0.4 is 9.80 Å². The first-order chi connectivity index (χ1) is 10.7. The maximum absolute atomic E-state index is 10.8. The Labute approximate surface area is 133 Å². The van der Waals surface area contributed by atoms with Gasteiger partial charge in [-0.15, -0.1) is 0 Å². The van der Waals surface area contributed by atoms with Crippen molar-refractivity contribution in [3.05, 3.63) is 24.3 Å². The standard InChI is InChI=1S/C18H28N2O2/c1-2-3-12-20(15-11-18(21)22)17-9-7-16(8-10-17)19-13-5-4-6-14-19/h7-10H,2-6,11-15H2,1H3,(H,21,22). The Hall–Kier alpha value is -1.71. The first kappa shape index (κ1) is 16.7. The zero-order valence-corrected chi connectivity index (χ0v) is 13.6. The molecule has 0 saturated carbocycles. The van der Waals surface area contributed by atoms with Gasteiger partial charge in [0.2, 0.25) is 0 Å². The van der Waals surface area contributed by atoms with E-state index in [1.54, 1.807) is 0 Å². The van der Waals surface area contributed by atoms with E-state index >= 15 is 0 Å². The van der Waals surface area contributed by atoms with Crippen LogP contribution in [-0.4, -0.2) is 37.3 Å². The minimum absolute atomic E-state index is 0.192. The summed E-state index contributed by atoms with van der Waals surface area (Å²) in [7, 11) is 0. The molecule has 0 unspecified atom stereocenters. The summed E-state index contributed by atoms with van der Waals surface area (Å²) in [5.74, 6) is -0.730. The van der Waals surface area contributed by atoms with Crippen molar-refractivity contribution in [2.45, 2.75) is 45.4 Å². The van der Waals surface area contributed by atoms with Gasteiger partial charge in [0.05, 0.1) is 6.42 Å². The van der Waals surface area contributed by atoms with Crippen LogP contribution in [0.25, 0.3) is 0 Å². The lowest BCUT2D eigenvalue weighted by molar-refractivity contribution is -0.136. The molecule has 4 heteroatoms. The fourth-order valence-electron chi connectivity index (χ4n) is 2.98. The zero-order valence-electron chi connectivity index (χ0n) is 13.6. The molecule has 0 radical (unpaired) electrons. The van der Waals surface area contributed by atoms with Crippen LogP contribution in [0.3, 0.4) is 0 Å². The van der Waals surface area contributed by atoms with Crippen LogP contribution in [0.4, 0.5) is 11.4 Å². The molecule has 0 aliphatic carbocycles. The van der Waals surface area contributed by atoms with Crippen LogP contribution >= 0.6 is 0 Å². The van der Waals surface area contributed by atoms with Crippen LogP contribution in [-0.2, 0) is 4.79 Å². The molecule has 1 N–H and O–H groups in total. The van der Waals surface area contributed by atoms with Crippen LogP contribution in [0.2, 0.25) is 0 Å². The van der Waals surface area contributed by atoms with E-state index in [1.807, 2.05) is 0 Å². The molecule has 1 aromatic carbocycles. The highest BCUT2D eigenvalue weighted by atomic mass is 16.4. The van der Waals surface area contributed by atoms with Gasteiger partial charge in [0.15, 0.2) is 0 Å². The van der Waals surface area contributed by atoms with Crippen molar-refractivity contribution in [1.82, 2.24) is 0 Å². The van der Waals surface area contributed by atoms with Crippen LogP contribution in [0.15, 0.2) is 24.3 Å². The van der Waals surface area contributed by atoms with E-state index < -0.39 is 5.97 Å². The lowest BCUT2D eigenvalue weighted by Crippen LogP contribution is -2.30. The zero-order chi connectivity index (χ0) is 15.8. The summed E-state index contributed by atoms with van der Waals surface area (Å²) in [6.07, 6.45) is 6.31. The minimum Gasteiger partial charge on any atom is -0.481 e. The van der Waals surface area contributed by atoms with Crippen molar-refractivity contribution in [2.75, 3.05) is 36.0 Å². The van der Waals surface area contributed by atoms with E-state index in [0.717, 1.165) is 38.2 Å². The van der Waals surface area contributed by atoms with Crippen molar-refractivity contribution < 1.29 is 9.90 Å². The maximum Gasteiger partial charge on any atom is 0.305 e. The quantitative estimate of drug-likeness (QED) is 0.794. The van der Waals surface area contributed by atoms with Crippen molar-refractivity contribution in [2.24, 2.45) is 0 Å². The van der Waals surface area contributed by atoms with E-state index in [2.05, 4.69) is 41.0 Å². The molecule has 22 heavy (non-hydrogen) atoms. The van der Waals surface area contributed by atoms with E-state index in [1.165, 1.54) is 24.9 Å². The summed E-state index contributed by atoms with van der Waals surface area (Å²) in [5.41, 5.74) is 2.42. The fourth-order valence-corrected chi connectivity index (χ4v) is 2.98. The van der Waals surface area contributed by atoms with E-state index in [0.29, 0.717) is 6.54 Å². The third-order valence-corrected chi connectivity index (χ3v) is 4.31. The maximum atomic E-state index is 10.8. The van der Waals surface area contributed by atoms with Gasteiger partial charge in [-0.25, -0.2) is 0 Å². The first-order valence-electron chi connectivity index (χ1n) is 8.52. The predicted octanol–water partition coefficient (Wildman–Crippen LogP) is 3.76. The number of aliphatic carboxylic acids is 1. The molecule has 1 saturated heterocycles. The number of hydrogen-bond donors (Lipinski definition) is 1. The second-order valence-electron chi connectivity index (χ2n) is 6.05. The van der Waals surface area contributed by atoms with Crippen LogP contribution in [0, 0.1) is 0 Å². The second-order valence-corrected chi connectivity index (χ2v) is 6.05. The molecule has 0 atom stereocenters. The normalized spacial score (nSPS) is 14.9. The summed E-state index contributed by atoms with van der Waals surface area (Å²) in [6.45, 7) is 5.97. The molecule has 1 fully saturated rings. The lowest BCUT2D eigenvalue weighted by atomic mass is 10.1. The molecule has 0 amide bonds. The summed E-state index contributed by atoms with van der Waals surface area (Å²) >= 11 is 0. The Balaban J connectivity index is 2.01. The first-order valence-corrected chi connectivity index (χ1v) is 8.52. The van der Waals surface area contributed by atoms with Crippen LogP contribution in [0.1, 0.15) is 45.4 Å². The molecule has 2 rings (SSSR count). The number of hydrogen-bond acceptors (Lipinski definition) is 3. The van der Waals surface area contributed by atoms with Crippen molar-refractivity contribution >= 4 is 17.3 Å². The molecule has 1 aliphatic rings. The van der Waals surface area contributed by atoms with Gasteiger partial charge >= 0.3 is 5.97 Å². The Kier molecular flexibility index (Phi) is 6.56. The molecule has 0 spiro atoms. The van der Waals surface area contributed by atoms with Gasteiger partial charge in [0, 0.05) is 37.6 Å². The number of nitrogens with zero attached hydrogens (tertiary/aromatic N) is 2. The molecule has 4 nitrogen and oxygen atoms in total. The molecular weight excluding hydrogens is 276 g/mol. The topological polar surface area (TPSA) is 43.8 Å². The predicted molar refractivity (Wildman–Crippen MR) is 91.9 cm³/mol. The number of carboxylic acid groups (broad SMARTS) is 1. The Bertz CT molecular complexity index is 453. The fraction of sp³-hybridized carbons (Fsp3) is 0.611. The summed E-state index contributed by atoms with van der Waals surface area (Å²) in [6, 6.07) is 8.64. The molecule has 1 heterocycles. The van der Waals surface area contributed by atoms with Crippen LogP contribution in [0.5, 0.6) is 0 Å². The van der Waals surface area contributed by atoms with Gasteiger partial charge in [0.1, 0.15) is 0 Å². The number of carboxylic acids is 1. The lowest BCUT2D eigenvalue weighted by Gasteiger charge is -2.30. The molecule has 1 aliphatic heterocycles. The van der Waals surface area contributed by atoms with Gasteiger partial charge in [-0.05, 0) is 49.9 Å². The second kappa shape index (κ2) is 8.66. The van der Waals surface area contributed by atoms with E-state index in [-0.39, 0.29) is 6.42 Å². The molecule has 122 valence electrons. The summed E-state index contributed by atoms with van der Waals surface area (Å²) < 4.78 is 0. The van der Waals surface area contributed by atoms with E-state index in [9.17, 15) is 4.79 Å². The number of piperidine rings is 1. The third-order valence-electron chi connectivity index (χ3n) is 4.31. The molecule has 1 aromatic rings. The summed E-state index contributed by atoms with van der Waals surface area (Å²) in [4.78, 5) is 15.5. The smallest absolute Gasteiger partial charge is 0.305 e. The van der Waals surface area contributed by atoms with Gasteiger partial charge in [-0.1, -0.05) is 13.3 Å². The van der Waals surface area contributed by atoms with Gasteiger partial charge in [-0.2, -0.15) is 0 Å². The van der Waals surface area contributed by atoms with Gasteiger partial charge < -0.3 is 14.9 Å². The number of carbonyl (C=O) groups is 1. The Morgan fingerprint density at radius 2 is 1.82 bits per heavy atom. The van der Waals surface area contributed by atoms with Gasteiger partial charge in [-0.3, -0.25) is 4.79 Å². The Morgan fingerprint density at radius 3 is 2.41 bits per heavy atom. The number of anilines is 2. The largest absolute Gasteiger partial charge is 0.481 e. The third kappa shape index (κ3) is 4.93. The van der Waals surface area contributed by atoms with Crippen molar-refractivity contribution in [1.29, 1.82) is 0 Å². The van der Waals surface area contributed by atoms with Crippen molar-refractivity contribution in [3.8, 4) is 0 Å². The molecule has 0 aromatic heterocycles. The highest BCUT2D eigenvalue weighted by molar-refractivity contribution is 5.68. The summed E-state index contributed by atoms with van der Waals surface area (Å²) in [5, 5.41) is 8.92. The monoisotopic (exact) mass is 304 g/mol. The SMILES string of the molecule is CCCCN(CCC(=O)O)c1ccc(N2CCCCC2)cc1. The van der Waals surface area contributed by atoms with E-state index in [4.69, 9.17) is 5.11 Å². The highest BCUT2D eigenvalue weighted by Gasteiger charge is 2.12. The average Bonchev–Trinajstić information content (AvgIpc) is 2.56. The highest BCUT2D eigenvalue weighted by Crippen LogP contribution is 2.24. The number of rotatable bonds is 8. The molecule has 0 bridgehead atoms. The number of unbranched alkanes of at least 4 members (excludes halogenated alkanes) is 1. The average molecular weight is 304 g/mol.